The minimum atomic E-state index is 0.0433. The van der Waals surface area contributed by atoms with Gasteiger partial charge in [-0.25, -0.2) is 0 Å². The molecule has 1 aliphatic rings. The molecule has 0 bridgehead atoms. The SMILES string of the molecule is CCN1CCC(CNC(=O)c2cccc(Br)c2C)CC1. The van der Waals surface area contributed by atoms with Gasteiger partial charge in [0.25, 0.3) is 5.91 Å². The predicted molar refractivity (Wildman–Crippen MR) is 86.1 cm³/mol. The Morgan fingerprint density at radius 3 is 2.75 bits per heavy atom. The highest BCUT2D eigenvalue weighted by molar-refractivity contribution is 9.10. The van der Waals surface area contributed by atoms with Crippen molar-refractivity contribution in [2.45, 2.75) is 26.7 Å². The fourth-order valence-electron chi connectivity index (χ4n) is 2.69. The van der Waals surface area contributed by atoms with E-state index < -0.39 is 0 Å². The topological polar surface area (TPSA) is 32.3 Å². The summed E-state index contributed by atoms with van der Waals surface area (Å²) >= 11 is 3.47. The number of hydrogen-bond donors (Lipinski definition) is 1. The van der Waals surface area contributed by atoms with Crippen LogP contribution in [0.1, 0.15) is 35.7 Å². The number of benzene rings is 1. The Bertz CT molecular complexity index is 468. The number of nitrogens with one attached hydrogen (secondary N) is 1. The second-order valence-corrected chi connectivity index (χ2v) is 6.35. The molecular formula is C16H23BrN2O. The van der Waals surface area contributed by atoms with Gasteiger partial charge in [0.15, 0.2) is 0 Å². The van der Waals surface area contributed by atoms with Crippen molar-refractivity contribution < 1.29 is 4.79 Å². The predicted octanol–water partition coefficient (Wildman–Crippen LogP) is 3.22. The van der Waals surface area contributed by atoms with Crippen LogP contribution in [0.15, 0.2) is 22.7 Å². The molecule has 0 aromatic heterocycles. The first-order valence-electron chi connectivity index (χ1n) is 7.37. The summed E-state index contributed by atoms with van der Waals surface area (Å²) in [6.07, 6.45) is 2.37. The van der Waals surface area contributed by atoms with Gasteiger partial charge < -0.3 is 10.2 Å². The molecule has 1 aliphatic heterocycles. The highest BCUT2D eigenvalue weighted by atomic mass is 79.9. The highest BCUT2D eigenvalue weighted by Gasteiger charge is 2.19. The van der Waals surface area contributed by atoms with Crippen LogP contribution < -0.4 is 5.32 Å². The molecule has 1 aromatic carbocycles. The Balaban J connectivity index is 1.85. The molecule has 0 aliphatic carbocycles. The van der Waals surface area contributed by atoms with E-state index in [1.54, 1.807) is 0 Å². The molecule has 20 heavy (non-hydrogen) atoms. The van der Waals surface area contributed by atoms with E-state index in [0.29, 0.717) is 5.92 Å². The maximum absolute atomic E-state index is 12.2. The highest BCUT2D eigenvalue weighted by Crippen LogP contribution is 2.20. The third kappa shape index (κ3) is 3.83. The lowest BCUT2D eigenvalue weighted by Crippen LogP contribution is -2.38. The summed E-state index contributed by atoms with van der Waals surface area (Å²) in [5, 5.41) is 3.09. The molecule has 1 N–H and O–H groups in total. The number of nitrogens with zero attached hydrogens (tertiary/aromatic N) is 1. The maximum Gasteiger partial charge on any atom is 0.251 e. The van der Waals surface area contributed by atoms with E-state index in [1.165, 1.54) is 12.8 Å². The summed E-state index contributed by atoms with van der Waals surface area (Å²) in [6, 6.07) is 5.76. The number of carbonyl (C=O) groups is 1. The molecule has 0 radical (unpaired) electrons. The van der Waals surface area contributed by atoms with Crippen molar-refractivity contribution in [3.8, 4) is 0 Å². The number of amides is 1. The van der Waals surface area contributed by atoms with E-state index in [4.69, 9.17) is 0 Å². The van der Waals surface area contributed by atoms with Crippen LogP contribution in [0.5, 0.6) is 0 Å². The van der Waals surface area contributed by atoms with E-state index in [9.17, 15) is 4.79 Å². The summed E-state index contributed by atoms with van der Waals surface area (Å²) in [5.74, 6) is 0.663. The summed E-state index contributed by atoms with van der Waals surface area (Å²) in [4.78, 5) is 14.7. The van der Waals surface area contributed by atoms with Crippen LogP contribution in [-0.4, -0.2) is 37.0 Å². The van der Waals surface area contributed by atoms with Crippen molar-refractivity contribution in [1.29, 1.82) is 0 Å². The normalized spacial score (nSPS) is 17.1. The van der Waals surface area contributed by atoms with E-state index >= 15 is 0 Å². The Labute approximate surface area is 129 Å². The largest absolute Gasteiger partial charge is 0.352 e. The second kappa shape index (κ2) is 7.23. The first-order valence-corrected chi connectivity index (χ1v) is 8.16. The smallest absolute Gasteiger partial charge is 0.251 e. The van der Waals surface area contributed by atoms with Crippen LogP contribution in [0.4, 0.5) is 0 Å². The molecule has 1 aromatic rings. The minimum Gasteiger partial charge on any atom is -0.352 e. The molecule has 1 fully saturated rings. The van der Waals surface area contributed by atoms with Crippen LogP contribution in [0, 0.1) is 12.8 Å². The van der Waals surface area contributed by atoms with Crippen molar-refractivity contribution in [1.82, 2.24) is 10.2 Å². The molecule has 4 heteroatoms. The quantitative estimate of drug-likeness (QED) is 0.914. The molecule has 110 valence electrons. The van der Waals surface area contributed by atoms with Crippen LogP contribution in [0.3, 0.4) is 0 Å². The molecule has 0 atom stereocenters. The molecule has 0 saturated carbocycles. The van der Waals surface area contributed by atoms with Gasteiger partial charge in [0.1, 0.15) is 0 Å². The first-order chi connectivity index (χ1) is 9.61. The van der Waals surface area contributed by atoms with Crippen LogP contribution in [0.25, 0.3) is 0 Å². The molecule has 0 spiro atoms. The Morgan fingerprint density at radius 2 is 2.10 bits per heavy atom. The molecule has 0 unspecified atom stereocenters. The van der Waals surface area contributed by atoms with Crippen molar-refractivity contribution in [3.05, 3.63) is 33.8 Å². The summed E-state index contributed by atoms with van der Waals surface area (Å²) < 4.78 is 0.987. The fourth-order valence-corrected chi connectivity index (χ4v) is 3.06. The molecular weight excluding hydrogens is 316 g/mol. The molecule has 2 rings (SSSR count). The van der Waals surface area contributed by atoms with E-state index in [-0.39, 0.29) is 5.91 Å². The van der Waals surface area contributed by atoms with Gasteiger partial charge in [-0.2, -0.15) is 0 Å². The molecule has 1 amide bonds. The lowest BCUT2D eigenvalue weighted by Gasteiger charge is -2.31. The van der Waals surface area contributed by atoms with Crippen molar-refractivity contribution in [2.75, 3.05) is 26.2 Å². The van der Waals surface area contributed by atoms with Gasteiger partial charge >= 0.3 is 0 Å². The van der Waals surface area contributed by atoms with Gasteiger partial charge in [0.05, 0.1) is 0 Å². The van der Waals surface area contributed by atoms with E-state index in [0.717, 1.165) is 41.8 Å². The van der Waals surface area contributed by atoms with Gasteiger partial charge in [-0.15, -0.1) is 0 Å². The van der Waals surface area contributed by atoms with Crippen LogP contribution >= 0.6 is 15.9 Å². The molecule has 3 nitrogen and oxygen atoms in total. The van der Waals surface area contributed by atoms with Gasteiger partial charge in [-0.1, -0.05) is 28.9 Å². The fraction of sp³-hybridized carbons (Fsp3) is 0.562. The zero-order valence-corrected chi connectivity index (χ0v) is 13.9. The number of likely N-dealkylation sites (tertiary alicyclic amines) is 1. The van der Waals surface area contributed by atoms with Gasteiger partial charge in [0, 0.05) is 16.6 Å². The molecule has 1 heterocycles. The summed E-state index contributed by atoms with van der Waals surface area (Å²) in [7, 11) is 0. The van der Waals surface area contributed by atoms with Crippen molar-refractivity contribution in [2.24, 2.45) is 5.92 Å². The van der Waals surface area contributed by atoms with Crippen LogP contribution in [-0.2, 0) is 0 Å². The standard InChI is InChI=1S/C16H23BrN2O/c1-3-19-9-7-13(8-10-19)11-18-16(20)14-5-4-6-15(17)12(14)2/h4-6,13H,3,7-11H2,1-2H3,(H,18,20). The van der Waals surface area contributed by atoms with Crippen LogP contribution in [0.2, 0.25) is 0 Å². The summed E-state index contributed by atoms with van der Waals surface area (Å²) in [6.45, 7) is 8.43. The summed E-state index contributed by atoms with van der Waals surface area (Å²) in [5.41, 5.74) is 1.77. The average molecular weight is 339 g/mol. The lowest BCUT2D eigenvalue weighted by molar-refractivity contribution is 0.0936. The third-order valence-corrected chi connectivity index (χ3v) is 5.08. The number of rotatable bonds is 4. The monoisotopic (exact) mass is 338 g/mol. The Kier molecular flexibility index (Phi) is 5.61. The lowest BCUT2D eigenvalue weighted by atomic mass is 9.96. The van der Waals surface area contributed by atoms with Gasteiger partial charge in [0.2, 0.25) is 0 Å². The third-order valence-electron chi connectivity index (χ3n) is 4.22. The second-order valence-electron chi connectivity index (χ2n) is 5.50. The Hall–Kier alpha value is -0.870. The first kappa shape index (κ1) is 15.5. The van der Waals surface area contributed by atoms with Crippen molar-refractivity contribution >= 4 is 21.8 Å². The Morgan fingerprint density at radius 1 is 1.40 bits per heavy atom. The zero-order valence-electron chi connectivity index (χ0n) is 12.3. The van der Waals surface area contributed by atoms with Crippen molar-refractivity contribution in [3.63, 3.8) is 0 Å². The van der Waals surface area contributed by atoms with Gasteiger partial charge in [-0.05, 0) is 63.0 Å². The maximum atomic E-state index is 12.2. The van der Waals surface area contributed by atoms with Gasteiger partial charge in [-0.3, -0.25) is 4.79 Å². The number of hydrogen-bond acceptors (Lipinski definition) is 2. The minimum absolute atomic E-state index is 0.0433. The van der Waals surface area contributed by atoms with E-state index in [1.807, 2.05) is 25.1 Å². The van der Waals surface area contributed by atoms with E-state index in [2.05, 4.69) is 33.1 Å². The zero-order chi connectivity index (χ0) is 14.5. The number of halogens is 1. The average Bonchev–Trinajstić information content (AvgIpc) is 2.48. The molecule has 1 saturated heterocycles. The number of piperidine rings is 1. The number of carbonyl (C=O) groups excluding carboxylic acids is 1.